The molecule has 12 bridgehead atoms. The predicted molar refractivity (Wildman–Crippen MR) is 438 cm³/mol. The van der Waals surface area contributed by atoms with Gasteiger partial charge in [0.15, 0.2) is 26.4 Å². The van der Waals surface area contributed by atoms with Crippen molar-refractivity contribution in [1.82, 2.24) is 0 Å². The lowest BCUT2D eigenvalue weighted by atomic mass is 9.79. The minimum atomic E-state index is -0.523. The Morgan fingerprint density at radius 2 is 0.400 bits per heavy atom. The fourth-order valence-electron chi connectivity index (χ4n) is 13.8. The van der Waals surface area contributed by atoms with E-state index in [-0.39, 0.29) is 105 Å². The summed E-state index contributed by atoms with van der Waals surface area (Å²) in [6.45, 7) is 46.3. The Balaban J connectivity index is 1.51. The Hall–Kier alpha value is -9.56. The van der Waals surface area contributed by atoms with Crippen LogP contribution in [0.4, 0.5) is 0 Å². The van der Waals surface area contributed by atoms with Crippen molar-refractivity contribution in [2.45, 2.75) is 237 Å². The third-order valence-electron chi connectivity index (χ3n) is 19.9. The molecule has 0 fully saturated rings. The van der Waals surface area contributed by atoms with Gasteiger partial charge in [-0.05, 0) is 171 Å². The molecule has 8 aromatic rings. The lowest BCUT2D eigenvalue weighted by Crippen LogP contribution is -2.20. The molecule has 0 saturated heterocycles. The van der Waals surface area contributed by atoms with Crippen molar-refractivity contribution in [2.75, 3.05) is 52.9 Å². The Labute approximate surface area is 655 Å². The summed E-state index contributed by atoms with van der Waals surface area (Å²) in [7, 11) is 0. The molecule has 0 radical (unpaired) electrons. The van der Waals surface area contributed by atoms with Gasteiger partial charge < -0.3 is 47.4 Å². The highest BCUT2D eigenvalue weighted by atomic mass is 16.6. The Kier molecular flexibility index (Phi) is 27.4. The normalized spacial score (nSPS) is 12.9. The lowest BCUT2D eigenvalue weighted by Gasteiger charge is -2.29. The molecule has 0 saturated carbocycles. The average Bonchev–Trinajstić information content (AvgIpc) is 0.780. The van der Waals surface area contributed by atoms with Crippen LogP contribution in [0.3, 0.4) is 0 Å². The number of rotatable bonds is 22. The molecule has 1 aliphatic rings. The molecule has 14 nitrogen and oxygen atoms in total. The fourth-order valence-corrected chi connectivity index (χ4v) is 13.8. The SMILES string of the molecule is CCOC(=O)COc1c2cc(C(C)(C)C)cc1Cc1cc(C(C)(C)C)cc(c1OCc1ccccc1)Cc1cc(C(C)(C)C)cc(c1OCC(=O)OCC)Cc1cc(C(C)(C)C)cc(c1OCC(=O)OCC)Cc1cc(C(C)(C)C)cc(c1OCc1ccccc1)Cc1cc(C(C)(C)C)cc(c1OCC(=O)OCC)C2. The Bertz CT molecular complexity index is 4040. The second-order valence-electron chi connectivity index (χ2n) is 35.2. The fraction of sp³-hybridized carbons (Fsp3) is 0.458. The maximum absolute atomic E-state index is 13.9. The smallest absolute Gasteiger partial charge is 0.344 e. The third-order valence-corrected chi connectivity index (χ3v) is 19.9. The second kappa shape index (κ2) is 35.6. The molecule has 588 valence electrons. The zero-order chi connectivity index (χ0) is 80.3. The van der Waals surface area contributed by atoms with E-state index in [1.165, 1.54) is 0 Å². The molecule has 0 atom stereocenters. The van der Waals surface area contributed by atoms with Crippen LogP contribution in [0.15, 0.2) is 133 Å². The van der Waals surface area contributed by atoms with E-state index in [4.69, 9.17) is 47.4 Å². The van der Waals surface area contributed by atoms with Crippen LogP contribution in [0.2, 0.25) is 0 Å². The molecular weight excluding hydrogens is 1380 g/mol. The van der Waals surface area contributed by atoms with Gasteiger partial charge in [-0.3, -0.25) is 0 Å². The second-order valence-corrected chi connectivity index (χ2v) is 35.2. The van der Waals surface area contributed by atoms with Gasteiger partial charge in [0.2, 0.25) is 0 Å². The van der Waals surface area contributed by atoms with Crippen LogP contribution >= 0.6 is 0 Å². The molecule has 9 rings (SSSR count). The summed E-state index contributed by atoms with van der Waals surface area (Å²) in [4.78, 5) is 55.7. The first-order valence-corrected chi connectivity index (χ1v) is 39.2. The first-order valence-electron chi connectivity index (χ1n) is 39.2. The molecule has 1 aliphatic carbocycles. The minimum Gasteiger partial charge on any atom is -0.488 e. The minimum absolute atomic E-state index is 0.158. The van der Waals surface area contributed by atoms with Gasteiger partial charge in [0.1, 0.15) is 47.7 Å². The highest BCUT2D eigenvalue weighted by Gasteiger charge is 2.33. The molecule has 0 unspecified atom stereocenters. The number of ether oxygens (including phenoxy) is 10. The molecule has 0 spiro atoms. The Morgan fingerprint density at radius 1 is 0.245 bits per heavy atom. The number of benzene rings is 8. The molecule has 0 heterocycles. The number of fused-ring (bicyclic) bond motifs is 12. The summed E-state index contributed by atoms with van der Waals surface area (Å²) in [6.07, 6.45) is 1.54. The standard InChI is InChI=1S/C96H120O14/c1-23-101-81(97)57-107-87-67-37-63-43-75(91(5,6)7)44-64(85(63)105-55-61-33-29-27-30-34-61)38-69-49-79(95(17,18)19)53-73(89(69)109-59-83(99)103-25-3)42-74-54-80(96(20,21)22)50-70(90(74)110-60-84(100)104-26-4)40-66-46-76(92(8,9)10)45-65(86(66)106-56-62-35-31-28-32-36-62)39-68-48-78(94(14,15)16)52-72(88(68)108-58-82(98)102-24-2)41-71(87)51-77(47-67)93(11,12)13/h27-36,43-54H,23-26,37-42,55-60H2,1-22H3. The zero-order valence-electron chi connectivity index (χ0n) is 69.7. The predicted octanol–water partition coefficient (Wildman–Crippen LogP) is 20.3. The number of carbonyl (C=O) groups is 4. The first kappa shape index (κ1) is 84.5. The Morgan fingerprint density at radius 3 is 0.545 bits per heavy atom. The van der Waals surface area contributed by atoms with E-state index >= 15 is 0 Å². The van der Waals surface area contributed by atoms with Gasteiger partial charge in [-0.15, -0.1) is 0 Å². The van der Waals surface area contributed by atoms with Crippen molar-refractivity contribution in [1.29, 1.82) is 0 Å². The highest BCUT2D eigenvalue weighted by molar-refractivity contribution is 5.74. The molecule has 0 aliphatic heterocycles. The van der Waals surface area contributed by atoms with Gasteiger partial charge in [-0.25, -0.2) is 19.2 Å². The molecule has 0 aromatic heterocycles. The summed E-state index contributed by atoms with van der Waals surface area (Å²) in [6, 6.07) is 46.8. The topological polar surface area (TPSA) is 161 Å². The van der Waals surface area contributed by atoms with Crippen LogP contribution in [-0.2, 0) is 122 Å². The van der Waals surface area contributed by atoms with Gasteiger partial charge >= 0.3 is 23.9 Å². The van der Waals surface area contributed by atoms with Crippen LogP contribution < -0.4 is 28.4 Å². The van der Waals surface area contributed by atoms with Crippen LogP contribution in [-0.4, -0.2) is 76.7 Å². The number of esters is 4. The van der Waals surface area contributed by atoms with Crippen molar-refractivity contribution in [2.24, 2.45) is 0 Å². The maximum Gasteiger partial charge on any atom is 0.344 e. The summed E-state index contributed by atoms with van der Waals surface area (Å²) >= 11 is 0. The highest BCUT2D eigenvalue weighted by Crippen LogP contribution is 2.47. The number of hydrogen-bond donors (Lipinski definition) is 0. The van der Waals surface area contributed by atoms with E-state index in [2.05, 4.69) is 222 Å². The van der Waals surface area contributed by atoms with Crippen molar-refractivity contribution in [3.8, 4) is 34.5 Å². The summed E-state index contributed by atoms with van der Waals surface area (Å²) in [5.41, 5.74) is 15.3. The largest absolute Gasteiger partial charge is 0.488 e. The average molecular weight is 1500 g/mol. The van der Waals surface area contributed by atoms with Crippen molar-refractivity contribution in [3.05, 3.63) is 245 Å². The maximum atomic E-state index is 13.9. The van der Waals surface area contributed by atoms with Crippen molar-refractivity contribution < 1.29 is 66.5 Å². The molecule has 110 heavy (non-hydrogen) atoms. The number of hydrogen-bond acceptors (Lipinski definition) is 14. The monoisotopic (exact) mass is 1500 g/mol. The molecule has 14 heteroatoms. The summed E-state index contributed by atoms with van der Waals surface area (Å²) in [5, 5.41) is 0. The first-order chi connectivity index (χ1) is 51.7. The van der Waals surface area contributed by atoms with Gasteiger partial charge in [-0.2, -0.15) is 0 Å². The van der Waals surface area contributed by atoms with Gasteiger partial charge in [0.25, 0.3) is 0 Å². The van der Waals surface area contributed by atoms with E-state index < -0.39 is 56.4 Å². The van der Waals surface area contributed by atoms with E-state index in [0.717, 1.165) is 111 Å². The summed E-state index contributed by atoms with van der Waals surface area (Å²) in [5.74, 6) is 1.19. The van der Waals surface area contributed by atoms with E-state index in [1.807, 2.05) is 36.4 Å². The van der Waals surface area contributed by atoms with Gasteiger partial charge in [-0.1, -0.05) is 258 Å². The van der Waals surface area contributed by atoms with Crippen molar-refractivity contribution >= 4 is 23.9 Å². The molecule has 0 amide bonds. The molecular formula is C96H120O14. The molecule has 8 aromatic carbocycles. The zero-order valence-corrected chi connectivity index (χ0v) is 69.7. The van der Waals surface area contributed by atoms with E-state index in [1.54, 1.807) is 27.7 Å². The van der Waals surface area contributed by atoms with Gasteiger partial charge in [0, 0.05) is 38.5 Å². The number of carbonyl (C=O) groups excluding carboxylic acids is 4. The van der Waals surface area contributed by atoms with Crippen LogP contribution in [0.5, 0.6) is 34.5 Å². The summed E-state index contributed by atoms with van der Waals surface area (Å²) < 4.78 is 65.6. The van der Waals surface area contributed by atoms with E-state index in [0.29, 0.717) is 34.5 Å². The van der Waals surface area contributed by atoms with Crippen molar-refractivity contribution in [3.63, 3.8) is 0 Å². The van der Waals surface area contributed by atoms with Crippen LogP contribution in [0.1, 0.15) is 264 Å². The van der Waals surface area contributed by atoms with Gasteiger partial charge in [0.05, 0.1) is 26.4 Å². The van der Waals surface area contributed by atoms with Crippen LogP contribution in [0, 0.1) is 0 Å². The third kappa shape index (κ3) is 22.4. The molecule has 0 N–H and O–H groups in total. The van der Waals surface area contributed by atoms with Crippen LogP contribution in [0.25, 0.3) is 0 Å². The lowest BCUT2D eigenvalue weighted by molar-refractivity contribution is -0.146. The van der Waals surface area contributed by atoms with E-state index in [9.17, 15) is 19.2 Å². The quantitative estimate of drug-likeness (QED) is 0.0466.